The lowest BCUT2D eigenvalue weighted by Crippen LogP contribution is -2.45. The summed E-state index contributed by atoms with van der Waals surface area (Å²) in [6.45, 7) is 4.24. The van der Waals surface area contributed by atoms with Crippen molar-refractivity contribution in [1.29, 1.82) is 0 Å². The molecule has 0 aromatic heterocycles. The maximum absolute atomic E-state index is 11.8. The third-order valence-corrected chi connectivity index (χ3v) is 4.90. The topological polar surface area (TPSA) is 86.7 Å². The molecule has 1 aliphatic rings. The predicted octanol–water partition coefficient (Wildman–Crippen LogP) is 0.418. The van der Waals surface area contributed by atoms with E-state index in [2.05, 4.69) is 4.72 Å². The van der Waals surface area contributed by atoms with Gasteiger partial charge in [0.15, 0.2) is 0 Å². The zero-order valence-electron chi connectivity index (χ0n) is 10.3. The molecule has 100 valence electrons. The maximum Gasteiger partial charge on any atom is 0.310 e. The van der Waals surface area contributed by atoms with Crippen molar-refractivity contribution < 1.29 is 18.3 Å². The first-order chi connectivity index (χ1) is 7.82. The lowest BCUT2D eigenvalue weighted by Gasteiger charge is -2.25. The quantitative estimate of drug-likeness (QED) is 0.728. The summed E-state index contributed by atoms with van der Waals surface area (Å²) in [5.41, 5.74) is -1.05. The van der Waals surface area contributed by atoms with Crippen LogP contribution in [0.4, 0.5) is 0 Å². The van der Waals surface area contributed by atoms with E-state index in [0.29, 0.717) is 19.5 Å². The van der Waals surface area contributed by atoms with Gasteiger partial charge in [-0.3, -0.25) is 4.79 Å². The summed E-state index contributed by atoms with van der Waals surface area (Å²) in [5.74, 6) is -0.982. The molecular weight excluding hydrogens is 244 g/mol. The Kier molecular flexibility index (Phi) is 4.51. The standard InChI is InChI=1S/C10H20N2O4S/c1-3-10(2,9(13)14)8-11-17(15,16)12-6-4-5-7-12/h11H,3-8H2,1-2H3,(H,13,14). The van der Waals surface area contributed by atoms with Gasteiger partial charge >= 0.3 is 5.97 Å². The van der Waals surface area contributed by atoms with Crippen LogP contribution in [0.2, 0.25) is 0 Å². The number of rotatable bonds is 6. The van der Waals surface area contributed by atoms with Gasteiger partial charge in [-0.1, -0.05) is 6.92 Å². The third-order valence-electron chi connectivity index (χ3n) is 3.35. The van der Waals surface area contributed by atoms with Gasteiger partial charge < -0.3 is 5.11 Å². The Labute approximate surface area is 102 Å². The summed E-state index contributed by atoms with van der Waals surface area (Å²) in [4.78, 5) is 11.0. The molecule has 7 heteroatoms. The van der Waals surface area contributed by atoms with E-state index in [9.17, 15) is 13.2 Å². The van der Waals surface area contributed by atoms with Crippen molar-refractivity contribution >= 4 is 16.2 Å². The van der Waals surface area contributed by atoms with Crippen LogP contribution in [-0.4, -0.2) is 43.4 Å². The molecule has 2 N–H and O–H groups in total. The highest BCUT2D eigenvalue weighted by atomic mass is 32.2. The predicted molar refractivity (Wildman–Crippen MR) is 63.8 cm³/mol. The first-order valence-electron chi connectivity index (χ1n) is 5.80. The van der Waals surface area contributed by atoms with Crippen LogP contribution in [0.15, 0.2) is 0 Å². The Hall–Kier alpha value is -0.660. The average molecular weight is 264 g/mol. The van der Waals surface area contributed by atoms with E-state index in [1.165, 1.54) is 4.31 Å². The summed E-state index contributed by atoms with van der Waals surface area (Å²) >= 11 is 0. The van der Waals surface area contributed by atoms with Crippen LogP contribution in [0.3, 0.4) is 0 Å². The number of nitrogens with zero attached hydrogens (tertiary/aromatic N) is 1. The molecule has 1 atom stereocenters. The SMILES string of the molecule is CCC(C)(CNS(=O)(=O)N1CCCC1)C(=O)O. The molecule has 0 amide bonds. The van der Waals surface area contributed by atoms with Crippen LogP contribution in [0.5, 0.6) is 0 Å². The molecule has 1 unspecified atom stereocenters. The summed E-state index contributed by atoms with van der Waals surface area (Å²) in [5, 5.41) is 9.05. The van der Waals surface area contributed by atoms with Crippen LogP contribution < -0.4 is 4.72 Å². The largest absolute Gasteiger partial charge is 0.481 e. The van der Waals surface area contributed by atoms with Crippen molar-refractivity contribution in [3.05, 3.63) is 0 Å². The summed E-state index contributed by atoms with van der Waals surface area (Å²) in [6, 6.07) is 0. The molecular formula is C10H20N2O4S. The minimum absolute atomic E-state index is 0.0718. The van der Waals surface area contributed by atoms with E-state index in [1.807, 2.05) is 0 Å². The molecule has 0 saturated carbocycles. The number of aliphatic carboxylic acids is 1. The number of carbonyl (C=O) groups is 1. The van der Waals surface area contributed by atoms with Crippen molar-refractivity contribution in [2.24, 2.45) is 5.41 Å². The van der Waals surface area contributed by atoms with Crippen molar-refractivity contribution in [3.8, 4) is 0 Å². The molecule has 0 aromatic carbocycles. The Bertz CT molecular complexity index is 376. The van der Waals surface area contributed by atoms with Crippen molar-refractivity contribution in [1.82, 2.24) is 9.03 Å². The molecule has 1 fully saturated rings. The molecule has 0 aliphatic carbocycles. The van der Waals surface area contributed by atoms with Gasteiger partial charge in [-0.2, -0.15) is 12.7 Å². The number of hydrogen-bond acceptors (Lipinski definition) is 3. The zero-order chi connectivity index (χ0) is 13.1. The molecule has 1 heterocycles. The van der Waals surface area contributed by atoms with Gasteiger partial charge in [0.25, 0.3) is 10.2 Å². The van der Waals surface area contributed by atoms with Crippen molar-refractivity contribution in [3.63, 3.8) is 0 Å². The van der Waals surface area contributed by atoms with Gasteiger partial charge in [0.05, 0.1) is 5.41 Å². The van der Waals surface area contributed by atoms with Gasteiger partial charge in [-0.25, -0.2) is 4.72 Å². The molecule has 0 bridgehead atoms. The summed E-state index contributed by atoms with van der Waals surface area (Å²) in [6.07, 6.45) is 2.11. The Morgan fingerprint density at radius 3 is 2.35 bits per heavy atom. The van der Waals surface area contributed by atoms with Gasteiger partial charge in [0.2, 0.25) is 0 Å². The van der Waals surface area contributed by atoms with Crippen LogP contribution in [0.1, 0.15) is 33.1 Å². The second kappa shape index (κ2) is 5.32. The lowest BCUT2D eigenvalue weighted by atomic mass is 9.88. The molecule has 0 spiro atoms. The van der Waals surface area contributed by atoms with Crippen LogP contribution in [0.25, 0.3) is 0 Å². The van der Waals surface area contributed by atoms with Gasteiger partial charge in [-0.05, 0) is 26.2 Å². The van der Waals surface area contributed by atoms with Gasteiger partial charge in [-0.15, -0.1) is 0 Å². The average Bonchev–Trinajstić information content (AvgIpc) is 2.79. The molecule has 1 saturated heterocycles. The third kappa shape index (κ3) is 3.40. The van der Waals surface area contributed by atoms with E-state index >= 15 is 0 Å². The normalized spacial score (nSPS) is 21.3. The zero-order valence-corrected chi connectivity index (χ0v) is 11.1. The number of hydrogen-bond donors (Lipinski definition) is 2. The van der Waals surface area contributed by atoms with E-state index < -0.39 is 21.6 Å². The fourth-order valence-corrected chi connectivity index (χ4v) is 3.04. The van der Waals surface area contributed by atoms with Gasteiger partial charge in [0, 0.05) is 19.6 Å². The minimum Gasteiger partial charge on any atom is -0.481 e. The Morgan fingerprint density at radius 1 is 1.41 bits per heavy atom. The minimum atomic E-state index is -3.52. The second-order valence-electron chi connectivity index (χ2n) is 4.65. The van der Waals surface area contributed by atoms with E-state index in [1.54, 1.807) is 13.8 Å². The first-order valence-corrected chi connectivity index (χ1v) is 7.24. The lowest BCUT2D eigenvalue weighted by molar-refractivity contribution is -0.147. The summed E-state index contributed by atoms with van der Waals surface area (Å²) in [7, 11) is -3.52. The molecule has 0 radical (unpaired) electrons. The molecule has 17 heavy (non-hydrogen) atoms. The smallest absolute Gasteiger partial charge is 0.310 e. The fourth-order valence-electron chi connectivity index (χ4n) is 1.62. The number of carboxylic acids is 1. The second-order valence-corrected chi connectivity index (χ2v) is 6.41. The van der Waals surface area contributed by atoms with E-state index in [-0.39, 0.29) is 6.54 Å². The number of carboxylic acid groups (broad SMARTS) is 1. The number of nitrogens with one attached hydrogen (secondary N) is 1. The van der Waals surface area contributed by atoms with Crippen molar-refractivity contribution in [2.45, 2.75) is 33.1 Å². The molecule has 6 nitrogen and oxygen atoms in total. The Morgan fingerprint density at radius 2 is 1.94 bits per heavy atom. The highest BCUT2D eigenvalue weighted by Gasteiger charge is 2.34. The monoisotopic (exact) mass is 264 g/mol. The van der Waals surface area contributed by atoms with E-state index in [4.69, 9.17) is 5.11 Å². The molecule has 1 aliphatic heterocycles. The fraction of sp³-hybridized carbons (Fsp3) is 0.900. The highest BCUT2D eigenvalue weighted by molar-refractivity contribution is 7.87. The van der Waals surface area contributed by atoms with Crippen LogP contribution >= 0.6 is 0 Å². The maximum atomic E-state index is 11.8. The van der Waals surface area contributed by atoms with Gasteiger partial charge in [0.1, 0.15) is 0 Å². The highest BCUT2D eigenvalue weighted by Crippen LogP contribution is 2.21. The Balaban J connectivity index is 2.63. The van der Waals surface area contributed by atoms with Crippen LogP contribution in [-0.2, 0) is 15.0 Å². The molecule has 1 rings (SSSR count). The molecule has 0 aromatic rings. The van der Waals surface area contributed by atoms with Crippen LogP contribution in [0, 0.1) is 5.41 Å². The van der Waals surface area contributed by atoms with Crippen molar-refractivity contribution in [2.75, 3.05) is 19.6 Å². The van der Waals surface area contributed by atoms with E-state index in [0.717, 1.165) is 12.8 Å². The first kappa shape index (κ1) is 14.4. The summed E-state index contributed by atoms with van der Waals surface area (Å²) < 4.78 is 27.4.